The highest BCUT2D eigenvalue weighted by Gasteiger charge is 2.34. The van der Waals surface area contributed by atoms with Gasteiger partial charge < -0.3 is 20.4 Å². The zero-order valence-corrected chi connectivity index (χ0v) is 18.9. The zero-order chi connectivity index (χ0) is 25.4. The van der Waals surface area contributed by atoms with Crippen molar-refractivity contribution in [1.29, 1.82) is 0 Å². The predicted molar refractivity (Wildman–Crippen MR) is 126 cm³/mol. The number of carboxylic acids is 1. The van der Waals surface area contributed by atoms with Gasteiger partial charge in [0, 0.05) is 13.1 Å². The fourth-order valence-corrected chi connectivity index (χ4v) is 3.35. The summed E-state index contributed by atoms with van der Waals surface area (Å²) in [6.07, 6.45) is -5.98. The van der Waals surface area contributed by atoms with Crippen LogP contribution in [0, 0.1) is 0 Å². The van der Waals surface area contributed by atoms with Crippen LogP contribution in [0.1, 0.15) is 29.2 Å². The van der Waals surface area contributed by atoms with E-state index in [1.165, 1.54) is 6.07 Å². The molecule has 0 saturated carbocycles. The third-order valence-corrected chi connectivity index (χ3v) is 5.23. The van der Waals surface area contributed by atoms with E-state index in [2.05, 4.69) is 10.5 Å². The van der Waals surface area contributed by atoms with Crippen molar-refractivity contribution in [3.63, 3.8) is 0 Å². The molecule has 3 rings (SSSR count). The predicted octanol–water partition coefficient (Wildman–Crippen LogP) is 4.85. The number of hydrogen-bond donors (Lipinski definition) is 3. The molecule has 0 radical (unpaired) electrons. The molecule has 6 nitrogen and oxygen atoms in total. The molecule has 0 heterocycles. The second kappa shape index (κ2) is 11.6. The maximum Gasteiger partial charge on any atom is 0.417 e. The monoisotopic (exact) mass is 486 g/mol. The number of nitrogens with zero attached hydrogens (tertiary/aromatic N) is 1. The molecule has 3 aromatic carbocycles. The molecule has 0 saturated heterocycles. The van der Waals surface area contributed by atoms with Crippen molar-refractivity contribution < 1.29 is 33.0 Å². The maximum atomic E-state index is 13.7. The molecule has 0 aliphatic rings. The maximum absolute atomic E-state index is 13.7. The van der Waals surface area contributed by atoms with Gasteiger partial charge in [-0.3, -0.25) is 0 Å². The standard InChI is InChI=1S/C26H25F3N2O4/c1-17(20-10-7-18(8-11-20)14-30-15-24(32)25(33)34)31-35-16-19-9-12-22(21-5-3-2-4-6-21)23(13-19)26(27,28)29/h2-13,24,30,32H,14-16H2,1H3,(H,33,34)/b31-17+. The highest BCUT2D eigenvalue weighted by Crippen LogP contribution is 2.37. The molecule has 35 heavy (non-hydrogen) atoms. The molecule has 184 valence electrons. The molecular weight excluding hydrogens is 461 g/mol. The van der Waals surface area contributed by atoms with Crippen LogP contribution in [0.5, 0.6) is 0 Å². The van der Waals surface area contributed by atoms with Crippen LogP contribution in [0.4, 0.5) is 13.2 Å². The fourth-order valence-electron chi connectivity index (χ4n) is 3.35. The number of carboxylic acid groups (broad SMARTS) is 1. The Bertz CT molecular complexity index is 1160. The number of halogens is 3. The number of oxime groups is 1. The Balaban J connectivity index is 1.62. The van der Waals surface area contributed by atoms with Crippen molar-refractivity contribution in [3.8, 4) is 11.1 Å². The van der Waals surface area contributed by atoms with Crippen LogP contribution in [0.15, 0.2) is 78.0 Å². The molecule has 0 fully saturated rings. The van der Waals surface area contributed by atoms with Crippen LogP contribution in [-0.4, -0.2) is 34.5 Å². The number of rotatable bonds is 10. The summed E-state index contributed by atoms with van der Waals surface area (Å²) in [5.41, 5.74) is 2.38. The van der Waals surface area contributed by atoms with Gasteiger partial charge in [0.1, 0.15) is 6.61 Å². The molecule has 0 spiro atoms. The first kappa shape index (κ1) is 25.9. The Morgan fingerprint density at radius 2 is 1.69 bits per heavy atom. The number of nitrogens with one attached hydrogen (secondary N) is 1. The highest BCUT2D eigenvalue weighted by molar-refractivity contribution is 5.98. The number of carbonyl (C=O) groups is 1. The van der Waals surface area contributed by atoms with Crippen LogP contribution in [0.2, 0.25) is 0 Å². The molecular formula is C26H25F3N2O4. The third-order valence-electron chi connectivity index (χ3n) is 5.23. The number of aliphatic carboxylic acids is 1. The largest absolute Gasteiger partial charge is 0.479 e. The lowest BCUT2D eigenvalue weighted by molar-refractivity contribution is -0.146. The zero-order valence-electron chi connectivity index (χ0n) is 18.9. The topological polar surface area (TPSA) is 91.1 Å². The lowest BCUT2D eigenvalue weighted by Crippen LogP contribution is -2.32. The normalized spacial score (nSPS) is 12.9. The van der Waals surface area contributed by atoms with E-state index in [1.54, 1.807) is 55.5 Å². The number of hydrogen-bond acceptors (Lipinski definition) is 5. The van der Waals surface area contributed by atoms with Crippen molar-refractivity contribution in [1.82, 2.24) is 5.32 Å². The summed E-state index contributed by atoms with van der Waals surface area (Å²) in [7, 11) is 0. The fraction of sp³-hybridized carbons (Fsp3) is 0.231. The van der Waals surface area contributed by atoms with E-state index in [-0.39, 0.29) is 18.7 Å². The Kier molecular flexibility index (Phi) is 8.62. The van der Waals surface area contributed by atoms with Gasteiger partial charge in [-0.05, 0) is 40.8 Å². The molecule has 0 aliphatic carbocycles. The second-order valence-corrected chi connectivity index (χ2v) is 7.88. The number of alkyl halides is 3. The molecule has 9 heteroatoms. The van der Waals surface area contributed by atoms with Gasteiger partial charge in [0.25, 0.3) is 0 Å². The summed E-state index contributed by atoms with van der Waals surface area (Å²) in [4.78, 5) is 15.9. The second-order valence-electron chi connectivity index (χ2n) is 7.88. The minimum absolute atomic E-state index is 0.0756. The van der Waals surface area contributed by atoms with Crippen LogP contribution in [0.25, 0.3) is 11.1 Å². The average Bonchev–Trinajstić information content (AvgIpc) is 2.84. The summed E-state index contributed by atoms with van der Waals surface area (Å²) >= 11 is 0. The third kappa shape index (κ3) is 7.40. The van der Waals surface area contributed by atoms with Crippen LogP contribution in [-0.2, 0) is 29.0 Å². The lowest BCUT2D eigenvalue weighted by Gasteiger charge is -2.14. The number of aliphatic hydroxyl groups is 1. The minimum atomic E-state index is -4.51. The van der Waals surface area contributed by atoms with E-state index in [1.807, 2.05) is 12.1 Å². The van der Waals surface area contributed by atoms with Crippen LogP contribution < -0.4 is 5.32 Å². The van der Waals surface area contributed by atoms with E-state index in [0.717, 1.165) is 17.2 Å². The summed E-state index contributed by atoms with van der Waals surface area (Å²) in [5.74, 6) is -1.29. The van der Waals surface area contributed by atoms with E-state index >= 15 is 0 Å². The van der Waals surface area contributed by atoms with Gasteiger partial charge in [-0.2, -0.15) is 13.2 Å². The Morgan fingerprint density at radius 1 is 1.03 bits per heavy atom. The van der Waals surface area contributed by atoms with Crippen molar-refractivity contribution in [2.45, 2.75) is 32.4 Å². The van der Waals surface area contributed by atoms with Gasteiger partial charge >= 0.3 is 12.1 Å². The van der Waals surface area contributed by atoms with E-state index in [9.17, 15) is 23.1 Å². The SMILES string of the molecule is C/C(=N\OCc1ccc(-c2ccccc2)c(C(F)(F)F)c1)c1ccc(CNCC(O)C(=O)O)cc1. The molecule has 0 amide bonds. The number of benzene rings is 3. The van der Waals surface area contributed by atoms with Crippen molar-refractivity contribution >= 4 is 11.7 Å². The number of aliphatic hydroxyl groups excluding tert-OH is 1. The van der Waals surface area contributed by atoms with Gasteiger partial charge in [0.15, 0.2) is 6.10 Å². The van der Waals surface area contributed by atoms with Crippen LogP contribution >= 0.6 is 0 Å². The summed E-state index contributed by atoms with van der Waals surface area (Å²) in [6.45, 7) is 1.89. The molecule has 3 N–H and O–H groups in total. The Morgan fingerprint density at radius 3 is 2.31 bits per heavy atom. The van der Waals surface area contributed by atoms with E-state index in [0.29, 0.717) is 23.4 Å². The van der Waals surface area contributed by atoms with Gasteiger partial charge in [0.05, 0.1) is 11.3 Å². The first-order chi connectivity index (χ1) is 16.6. The molecule has 3 aromatic rings. The molecule has 0 aromatic heterocycles. The summed E-state index contributed by atoms with van der Waals surface area (Å²) in [5, 5.41) is 24.8. The highest BCUT2D eigenvalue weighted by atomic mass is 19.4. The summed E-state index contributed by atoms with van der Waals surface area (Å²) in [6, 6.07) is 19.7. The molecule has 1 unspecified atom stereocenters. The average molecular weight is 486 g/mol. The molecule has 1 atom stereocenters. The van der Waals surface area contributed by atoms with Gasteiger partial charge in [-0.1, -0.05) is 71.9 Å². The Labute approximate surface area is 200 Å². The Hall–Kier alpha value is -3.69. The van der Waals surface area contributed by atoms with Crippen LogP contribution in [0.3, 0.4) is 0 Å². The smallest absolute Gasteiger partial charge is 0.417 e. The first-order valence-electron chi connectivity index (χ1n) is 10.8. The summed E-state index contributed by atoms with van der Waals surface area (Å²) < 4.78 is 41.0. The van der Waals surface area contributed by atoms with Gasteiger partial charge in [-0.15, -0.1) is 0 Å². The van der Waals surface area contributed by atoms with Gasteiger partial charge in [0.2, 0.25) is 0 Å². The first-order valence-corrected chi connectivity index (χ1v) is 10.8. The van der Waals surface area contributed by atoms with Crippen molar-refractivity contribution in [3.05, 3.63) is 95.1 Å². The molecule has 0 bridgehead atoms. The lowest BCUT2D eigenvalue weighted by atomic mass is 9.97. The quantitative estimate of drug-likeness (QED) is 0.282. The van der Waals surface area contributed by atoms with Gasteiger partial charge in [-0.25, -0.2) is 4.79 Å². The van der Waals surface area contributed by atoms with Crippen molar-refractivity contribution in [2.75, 3.05) is 6.54 Å². The minimum Gasteiger partial charge on any atom is -0.479 e. The van der Waals surface area contributed by atoms with E-state index < -0.39 is 23.8 Å². The molecule has 0 aliphatic heterocycles. The van der Waals surface area contributed by atoms with Crippen molar-refractivity contribution in [2.24, 2.45) is 5.16 Å². The van der Waals surface area contributed by atoms with E-state index in [4.69, 9.17) is 9.94 Å².